The Morgan fingerprint density at radius 3 is 2.92 bits per heavy atom. The van der Waals surface area contributed by atoms with E-state index >= 15 is 0 Å². The van der Waals surface area contributed by atoms with E-state index in [2.05, 4.69) is 32.4 Å². The Bertz CT molecular complexity index is 829. The topological polar surface area (TPSA) is 44.8 Å². The van der Waals surface area contributed by atoms with Gasteiger partial charge in [0, 0.05) is 30.8 Å². The van der Waals surface area contributed by atoms with E-state index in [9.17, 15) is 4.39 Å². The van der Waals surface area contributed by atoms with Gasteiger partial charge in [0.1, 0.15) is 5.82 Å². The number of aromatic amines is 1. The van der Waals surface area contributed by atoms with E-state index < -0.39 is 0 Å². The van der Waals surface area contributed by atoms with E-state index in [-0.39, 0.29) is 5.82 Å². The van der Waals surface area contributed by atoms with Gasteiger partial charge in [0.2, 0.25) is 0 Å². The number of benzene rings is 2. The van der Waals surface area contributed by atoms with Crippen molar-refractivity contribution in [1.29, 1.82) is 0 Å². The molecule has 0 radical (unpaired) electrons. The van der Waals surface area contributed by atoms with Gasteiger partial charge in [-0.1, -0.05) is 24.3 Å². The third-order valence-corrected chi connectivity index (χ3v) is 4.58. The lowest BCUT2D eigenvalue weighted by molar-refractivity contribution is 0.631. The molecule has 0 unspecified atom stereocenters. The summed E-state index contributed by atoms with van der Waals surface area (Å²) < 4.78 is 14.0. The van der Waals surface area contributed by atoms with Gasteiger partial charge >= 0.3 is 0 Å². The van der Waals surface area contributed by atoms with Crippen LogP contribution in [0.2, 0.25) is 0 Å². The molecule has 0 atom stereocenters. The van der Waals surface area contributed by atoms with Crippen molar-refractivity contribution in [2.24, 2.45) is 0 Å². The molecule has 0 fully saturated rings. The van der Waals surface area contributed by atoms with Crippen LogP contribution in [0.25, 0.3) is 11.1 Å². The number of aryl methyl sites for hydroxylation is 1. The highest BCUT2D eigenvalue weighted by Gasteiger charge is 2.18. The number of nitrogens with zero attached hydrogens (tertiary/aromatic N) is 3. The van der Waals surface area contributed by atoms with Crippen LogP contribution < -0.4 is 4.90 Å². The molecule has 1 aliphatic rings. The van der Waals surface area contributed by atoms with E-state index in [1.165, 1.54) is 17.3 Å². The van der Waals surface area contributed by atoms with Gasteiger partial charge in [-0.2, -0.15) is 15.4 Å². The van der Waals surface area contributed by atoms with E-state index in [0.29, 0.717) is 5.56 Å². The average Bonchev–Trinajstić information content (AvgIpc) is 3.13. The maximum atomic E-state index is 14.0. The number of anilines is 1. The largest absolute Gasteiger partial charge is 0.371 e. The predicted octanol–water partition coefficient (Wildman–Crippen LogP) is 3.61. The number of H-pyrrole nitrogens is 1. The van der Waals surface area contributed by atoms with Crippen LogP contribution in [0.15, 0.2) is 48.7 Å². The number of rotatable bonds is 4. The van der Waals surface area contributed by atoms with Crippen LogP contribution in [0, 0.1) is 5.82 Å². The van der Waals surface area contributed by atoms with Gasteiger partial charge < -0.3 is 4.90 Å². The highest BCUT2D eigenvalue weighted by Crippen LogP contribution is 2.32. The fourth-order valence-electron chi connectivity index (χ4n) is 3.37. The quantitative estimate of drug-likeness (QED) is 0.798. The smallest absolute Gasteiger partial charge is 0.131 e. The van der Waals surface area contributed by atoms with Crippen molar-refractivity contribution in [3.05, 3.63) is 65.7 Å². The second kappa shape index (κ2) is 6.43. The fraction of sp³-hybridized carbons (Fsp3) is 0.263. The van der Waals surface area contributed by atoms with Crippen LogP contribution in [0.5, 0.6) is 0 Å². The summed E-state index contributed by atoms with van der Waals surface area (Å²) in [6.07, 6.45) is 4.79. The van der Waals surface area contributed by atoms with Crippen molar-refractivity contribution in [1.82, 2.24) is 15.4 Å². The molecule has 0 spiro atoms. The normalized spacial score (nSPS) is 13.8. The SMILES string of the molecule is Fc1ccccc1-c1ccc2c(c1)CCCN2CCc1cn[nH]n1. The summed E-state index contributed by atoms with van der Waals surface area (Å²) in [4.78, 5) is 2.39. The Morgan fingerprint density at radius 1 is 1.17 bits per heavy atom. The molecule has 1 N–H and O–H groups in total. The number of hydrogen-bond donors (Lipinski definition) is 1. The van der Waals surface area contributed by atoms with Crippen molar-refractivity contribution in [3.63, 3.8) is 0 Å². The summed E-state index contributed by atoms with van der Waals surface area (Å²) in [5, 5.41) is 10.6. The summed E-state index contributed by atoms with van der Waals surface area (Å²) in [5.41, 5.74) is 5.14. The molecule has 0 saturated heterocycles. The van der Waals surface area contributed by atoms with E-state index in [4.69, 9.17) is 0 Å². The molecule has 122 valence electrons. The molecule has 0 bridgehead atoms. The van der Waals surface area contributed by atoms with Crippen LogP contribution >= 0.6 is 0 Å². The molecule has 4 nitrogen and oxygen atoms in total. The molecular formula is C19H19FN4. The molecular weight excluding hydrogens is 303 g/mol. The summed E-state index contributed by atoms with van der Waals surface area (Å²) >= 11 is 0. The number of nitrogens with one attached hydrogen (secondary N) is 1. The summed E-state index contributed by atoms with van der Waals surface area (Å²) in [6.45, 7) is 1.96. The van der Waals surface area contributed by atoms with Crippen molar-refractivity contribution in [2.75, 3.05) is 18.0 Å². The van der Waals surface area contributed by atoms with Crippen molar-refractivity contribution >= 4 is 5.69 Å². The zero-order chi connectivity index (χ0) is 16.4. The van der Waals surface area contributed by atoms with Crippen LogP contribution in [-0.4, -0.2) is 28.5 Å². The van der Waals surface area contributed by atoms with Gasteiger partial charge in [-0.05, 0) is 42.2 Å². The lowest BCUT2D eigenvalue weighted by atomic mass is 9.96. The van der Waals surface area contributed by atoms with E-state index in [0.717, 1.165) is 43.6 Å². The third kappa shape index (κ3) is 2.89. The average molecular weight is 322 g/mol. The zero-order valence-corrected chi connectivity index (χ0v) is 13.4. The molecule has 0 aliphatic carbocycles. The molecule has 5 heteroatoms. The molecule has 1 aliphatic heterocycles. The van der Waals surface area contributed by atoms with Gasteiger partial charge in [-0.3, -0.25) is 0 Å². The minimum absolute atomic E-state index is 0.170. The maximum absolute atomic E-state index is 14.0. The highest BCUT2D eigenvalue weighted by atomic mass is 19.1. The Kier molecular flexibility index (Phi) is 3.99. The lowest BCUT2D eigenvalue weighted by Crippen LogP contribution is -2.31. The first kappa shape index (κ1) is 14.9. The summed E-state index contributed by atoms with van der Waals surface area (Å²) in [5.74, 6) is -0.170. The zero-order valence-electron chi connectivity index (χ0n) is 13.4. The van der Waals surface area contributed by atoms with Crippen LogP contribution in [-0.2, 0) is 12.8 Å². The van der Waals surface area contributed by atoms with Crippen LogP contribution in [0.4, 0.5) is 10.1 Å². The molecule has 2 heterocycles. The molecule has 24 heavy (non-hydrogen) atoms. The first-order valence-electron chi connectivity index (χ1n) is 8.29. The van der Waals surface area contributed by atoms with Gasteiger partial charge in [0.05, 0.1) is 11.9 Å². The Balaban J connectivity index is 1.59. The van der Waals surface area contributed by atoms with E-state index in [1.54, 1.807) is 12.3 Å². The number of aromatic nitrogens is 3. The standard InChI is InChI=1S/C19H19FN4/c20-18-6-2-1-5-17(18)14-7-8-19-15(12-14)4-3-10-24(19)11-9-16-13-21-23-22-16/h1-2,5-8,12-13H,3-4,9-11H2,(H,21,22,23). The molecule has 3 aromatic rings. The molecule has 0 saturated carbocycles. The maximum Gasteiger partial charge on any atom is 0.131 e. The molecule has 0 amide bonds. The minimum Gasteiger partial charge on any atom is -0.371 e. The van der Waals surface area contributed by atoms with Gasteiger partial charge in [0.15, 0.2) is 0 Å². The second-order valence-corrected chi connectivity index (χ2v) is 6.13. The number of halogens is 1. The van der Waals surface area contributed by atoms with Gasteiger partial charge in [-0.25, -0.2) is 4.39 Å². The Hall–Kier alpha value is -2.69. The second-order valence-electron chi connectivity index (χ2n) is 6.13. The van der Waals surface area contributed by atoms with E-state index in [1.807, 2.05) is 18.2 Å². The first-order chi connectivity index (χ1) is 11.8. The number of hydrogen-bond acceptors (Lipinski definition) is 3. The van der Waals surface area contributed by atoms with Crippen molar-refractivity contribution in [2.45, 2.75) is 19.3 Å². The fourth-order valence-corrected chi connectivity index (χ4v) is 3.37. The number of fused-ring (bicyclic) bond motifs is 1. The first-order valence-corrected chi connectivity index (χ1v) is 8.29. The molecule has 2 aromatic carbocycles. The molecule has 1 aromatic heterocycles. The third-order valence-electron chi connectivity index (χ3n) is 4.58. The van der Waals surface area contributed by atoms with Crippen molar-refractivity contribution < 1.29 is 4.39 Å². The monoisotopic (exact) mass is 322 g/mol. The van der Waals surface area contributed by atoms with Gasteiger partial charge in [0.25, 0.3) is 0 Å². The van der Waals surface area contributed by atoms with Crippen LogP contribution in [0.3, 0.4) is 0 Å². The van der Waals surface area contributed by atoms with Crippen LogP contribution in [0.1, 0.15) is 17.7 Å². The minimum atomic E-state index is -0.170. The Labute approximate surface area is 140 Å². The predicted molar refractivity (Wildman–Crippen MR) is 92.5 cm³/mol. The molecule has 4 rings (SSSR count). The summed E-state index contributed by atoms with van der Waals surface area (Å²) in [6, 6.07) is 13.2. The van der Waals surface area contributed by atoms with Crippen molar-refractivity contribution in [3.8, 4) is 11.1 Å². The lowest BCUT2D eigenvalue weighted by Gasteiger charge is -2.31. The van der Waals surface area contributed by atoms with Gasteiger partial charge in [-0.15, -0.1) is 0 Å². The highest BCUT2D eigenvalue weighted by molar-refractivity contribution is 5.70. The Morgan fingerprint density at radius 2 is 2.08 bits per heavy atom. The summed E-state index contributed by atoms with van der Waals surface area (Å²) in [7, 11) is 0.